The zero-order valence-corrected chi connectivity index (χ0v) is 12.8. The highest BCUT2D eigenvalue weighted by molar-refractivity contribution is 5.93. The van der Waals surface area contributed by atoms with Gasteiger partial charge >= 0.3 is 0 Å². The van der Waals surface area contributed by atoms with Crippen LogP contribution in [0.1, 0.15) is 26.2 Å². The first kappa shape index (κ1) is 14.4. The molecule has 21 heavy (non-hydrogen) atoms. The average Bonchev–Trinajstić information content (AvgIpc) is 3.02. The van der Waals surface area contributed by atoms with Crippen LogP contribution in [-0.4, -0.2) is 32.1 Å². The lowest BCUT2D eigenvalue weighted by molar-refractivity contribution is -0.120. The van der Waals surface area contributed by atoms with Crippen molar-refractivity contribution in [3.63, 3.8) is 0 Å². The molecule has 0 radical (unpaired) electrons. The summed E-state index contributed by atoms with van der Waals surface area (Å²) >= 11 is 0. The normalized spacial score (nSPS) is 25.9. The molecule has 2 N–H and O–H groups in total. The molecule has 1 aromatic carbocycles. The number of piperidine rings is 1. The van der Waals surface area contributed by atoms with Gasteiger partial charge < -0.3 is 15.5 Å². The molecule has 114 valence electrons. The van der Waals surface area contributed by atoms with Crippen molar-refractivity contribution in [3.05, 3.63) is 24.3 Å². The number of rotatable bonds is 3. The lowest BCUT2D eigenvalue weighted by atomic mass is 9.91. The van der Waals surface area contributed by atoms with Crippen molar-refractivity contribution in [2.75, 3.05) is 36.4 Å². The van der Waals surface area contributed by atoms with E-state index in [4.69, 9.17) is 0 Å². The standard InChI is InChI=1S/C17H25N3O/c1-13-10-14(12-18-11-13)17(21)19-15-4-6-16(7-5-15)20-8-2-3-9-20/h4-7,13-14,18H,2-3,8-12H2,1H3,(H,19,21). The third-order valence-corrected chi connectivity index (χ3v) is 4.55. The summed E-state index contributed by atoms with van der Waals surface area (Å²) in [6, 6.07) is 8.27. The molecule has 2 atom stereocenters. The van der Waals surface area contributed by atoms with Gasteiger partial charge in [-0.2, -0.15) is 0 Å². The van der Waals surface area contributed by atoms with Crippen LogP contribution in [-0.2, 0) is 4.79 Å². The molecule has 2 heterocycles. The Morgan fingerprint density at radius 1 is 1.19 bits per heavy atom. The van der Waals surface area contributed by atoms with E-state index in [-0.39, 0.29) is 11.8 Å². The van der Waals surface area contributed by atoms with Crippen LogP contribution in [0.4, 0.5) is 11.4 Å². The molecular formula is C17H25N3O. The van der Waals surface area contributed by atoms with Gasteiger partial charge in [0.1, 0.15) is 0 Å². The zero-order valence-electron chi connectivity index (χ0n) is 12.8. The Morgan fingerprint density at radius 3 is 2.57 bits per heavy atom. The number of amides is 1. The lowest BCUT2D eigenvalue weighted by Gasteiger charge is -2.27. The highest BCUT2D eigenvalue weighted by Gasteiger charge is 2.24. The molecule has 0 saturated carbocycles. The number of nitrogens with one attached hydrogen (secondary N) is 2. The Labute approximate surface area is 126 Å². The molecule has 3 rings (SSSR count). The van der Waals surface area contributed by atoms with Gasteiger partial charge in [0.25, 0.3) is 0 Å². The number of benzene rings is 1. The molecule has 4 heteroatoms. The van der Waals surface area contributed by atoms with Gasteiger partial charge in [0.05, 0.1) is 5.92 Å². The van der Waals surface area contributed by atoms with Crippen molar-refractivity contribution in [1.29, 1.82) is 0 Å². The number of carbonyl (C=O) groups excluding carboxylic acids is 1. The maximum Gasteiger partial charge on any atom is 0.228 e. The first-order valence-corrected chi connectivity index (χ1v) is 8.09. The minimum absolute atomic E-state index is 0.0898. The molecule has 1 amide bonds. The second-order valence-electron chi connectivity index (χ2n) is 6.43. The van der Waals surface area contributed by atoms with Gasteiger partial charge in [-0.1, -0.05) is 6.92 Å². The lowest BCUT2D eigenvalue weighted by Crippen LogP contribution is -2.40. The van der Waals surface area contributed by atoms with E-state index in [1.807, 2.05) is 12.1 Å². The molecule has 0 aromatic heterocycles. The van der Waals surface area contributed by atoms with Gasteiger partial charge in [-0.05, 0) is 56.0 Å². The number of hydrogen-bond donors (Lipinski definition) is 2. The Kier molecular flexibility index (Phi) is 4.44. The minimum Gasteiger partial charge on any atom is -0.372 e. The second-order valence-corrected chi connectivity index (χ2v) is 6.43. The molecule has 0 aliphatic carbocycles. The fourth-order valence-electron chi connectivity index (χ4n) is 3.33. The summed E-state index contributed by atoms with van der Waals surface area (Å²) in [6.45, 7) is 6.31. The third-order valence-electron chi connectivity index (χ3n) is 4.55. The van der Waals surface area contributed by atoms with Gasteiger partial charge in [-0.3, -0.25) is 4.79 Å². The van der Waals surface area contributed by atoms with Crippen molar-refractivity contribution in [3.8, 4) is 0 Å². The van der Waals surface area contributed by atoms with E-state index in [2.05, 4.69) is 34.6 Å². The Morgan fingerprint density at radius 2 is 1.90 bits per heavy atom. The van der Waals surface area contributed by atoms with Crippen molar-refractivity contribution in [2.45, 2.75) is 26.2 Å². The molecule has 2 unspecified atom stereocenters. The maximum absolute atomic E-state index is 12.3. The summed E-state index contributed by atoms with van der Waals surface area (Å²) < 4.78 is 0. The van der Waals surface area contributed by atoms with Crippen molar-refractivity contribution >= 4 is 17.3 Å². The predicted molar refractivity (Wildman–Crippen MR) is 86.7 cm³/mol. The maximum atomic E-state index is 12.3. The fraction of sp³-hybridized carbons (Fsp3) is 0.588. The van der Waals surface area contributed by atoms with Gasteiger partial charge in [-0.15, -0.1) is 0 Å². The van der Waals surface area contributed by atoms with Gasteiger partial charge in [-0.25, -0.2) is 0 Å². The molecule has 4 nitrogen and oxygen atoms in total. The van der Waals surface area contributed by atoms with Crippen LogP contribution in [0.5, 0.6) is 0 Å². The van der Waals surface area contributed by atoms with Gasteiger partial charge in [0.2, 0.25) is 5.91 Å². The Bertz CT molecular complexity index is 479. The average molecular weight is 287 g/mol. The summed E-state index contributed by atoms with van der Waals surface area (Å²) in [5.74, 6) is 0.807. The van der Waals surface area contributed by atoms with E-state index < -0.39 is 0 Å². The fourth-order valence-corrected chi connectivity index (χ4v) is 3.33. The molecule has 0 bridgehead atoms. The molecular weight excluding hydrogens is 262 g/mol. The topological polar surface area (TPSA) is 44.4 Å². The van der Waals surface area contributed by atoms with Gasteiger partial charge in [0.15, 0.2) is 0 Å². The summed E-state index contributed by atoms with van der Waals surface area (Å²) in [4.78, 5) is 14.7. The van der Waals surface area contributed by atoms with Crippen LogP contribution in [0.3, 0.4) is 0 Å². The number of carbonyl (C=O) groups is 1. The predicted octanol–water partition coefficient (Wildman–Crippen LogP) is 2.47. The smallest absolute Gasteiger partial charge is 0.228 e. The summed E-state index contributed by atoms with van der Waals surface area (Å²) in [5.41, 5.74) is 2.17. The van der Waals surface area contributed by atoms with Crippen molar-refractivity contribution < 1.29 is 4.79 Å². The second kappa shape index (κ2) is 6.48. The van der Waals surface area contributed by atoms with Crippen LogP contribution in [0.25, 0.3) is 0 Å². The van der Waals surface area contributed by atoms with E-state index in [0.29, 0.717) is 5.92 Å². The van der Waals surface area contributed by atoms with Crippen molar-refractivity contribution in [1.82, 2.24) is 5.32 Å². The highest BCUT2D eigenvalue weighted by atomic mass is 16.1. The van der Waals surface area contributed by atoms with Crippen LogP contribution in [0.2, 0.25) is 0 Å². The Hall–Kier alpha value is -1.55. The number of anilines is 2. The summed E-state index contributed by atoms with van der Waals surface area (Å²) in [7, 11) is 0. The SMILES string of the molecule is CC1CNCC(C(=O)Nc2ccc(N3CCCC3)cc2)C1. The van der Waals surface area contributed by atoms with E-state index in [0.717, 1.165) is 38.3 Å². The quantitative estimate of drug-likeness (QED) is 0.897. The number of nitrogens with zero attached hydrogens (tertiary/aromatic N) is 1. The van der Waals surface area contributed by atoms with Gasteiger partial charge in [0, 0.05) is 31.0 Å². The van der Waals surface area contributed by atoms with E-state index in [9.17, 15) is 4.79 Å². The van der Waals surface area contributed by atoms with Crippen LogP contribution >= 0.6 is 0 Å². The molecule has 2 aliphatic heterocycles. The molecule has 2 aliphatic rings. The summed E-state index contributed by atoms with van der Waals surface area (Å²) in [5, 5.41) is 6.38. The largest absolute Gasteiger partial charge is 0.372 e. The van der Waals surface area contributed by atoms with E-state index >= 15 is 0 Å². The molecule has 1 aromatic rings. The van der Waals surface area contributed by atoms with Crippen LogP contribution < -0.4 is 15.5 Å². The highest BCUT2D eigenvalue weighted by Crippen LogP contribution is 2.23. The monoisotopic (exact) mass is 287 g/mol. The summed E-state index contributed by atoms with van der Waals surface area (Å²) in [6.07, 6.45) is 3.54. The number of hydrogen-bond acceptors (Lipinski definition) is 3. The first-order valence-electron chi connectivity index (χ1n) is 8.09. The zero-order chi connectivity index (χ0) is 14.7. The van der Waals surface area contributed by atoms with E-state index in [1.54, 1.807) is 0 Å². The van der Waals surface area contributed by atoms with Crippen LogP contribution in [0.15, 0.2) is 24.3 Å². The minimum atomic E-state index is 0.0898. The van der Waals surface area contributed by atoms with E-state index in [1.165, 1.54) is 18.5 Å². The first-order chi connectivity index (χ1) is 10.2. The van der Waals surface area contributed by atoms with Crippen LogP contribution in [0, 0.1) is 11.8 Å². The molecule has 2 saturated heterocycles. The third kappa shape index (κ3) is 3.56. The molecule has 2 fully saturated rings. The Balaban J connectivity index is 1.58. The van der Waals surface area contributed by atoms with Crippen molar-refractivity contribution in [2.24, 2.45) is 11.8 Å². The molecule has 0 spiro atoms.